The van der Waals surface area contributed by atoms with Crippen molar-refractivity contribution in [3.05, 3.63) is 42.5 Å². The van der Waals surface area contributed by atoms with E-state index in [1.54, 1.807) is 6.08 Å². The lowest BCUT2D eigenvalue weighted by Crippen LogP contribution is -2.49. The highest BCUT2D eigenvalue weighted by atomic mass is 35.5. The van der Waals surface area contributed by atoms with E-state index in [4.69, 9.17) is 5.73 Å². The van der Waals surface area contributed by atoms with Gasteiger partial charge >= 0.3 is 0 Å². The molecule has 0 saturated carbocycles. The number of nitrogens with one attached hydrogen (secondary N) is 1. The highest BCUT2D eigenvalue weighted by Gasteiger charge is 2.18. The molecular formula is C16H26Cl2N4O. The molecule has 2 rings (SSSR count). The summed E-state index contributed by atoms with van der Waals surface area (Å²) in [6.45, 7) is 9.31. The first-order valence-corrected chi connectivity index (χ1v) is 7.34. The van der Waals surface area contributed by atoms with E-state index < -0.39 is 0 Å². The predicted octanol–water partition coefficient (Wildman–Crippen LogP) is 1.53. The highest BCUT2D eigenvalue weighted by Crippen LogP contribution is 2.11. The number of nitrogen functional groups attached to an aromatic ring is 1. The number of piperazine rings is 1. The van der Waals surface area contributed by atoms with Crippen LogP contribution in [0.4, 0.5) is 5.69 Å². The Bertz CT molecular complexity index is 491. The molecule has 1 aromatic carbocycles. The van der Waals surface area contributed by atoms with Gasteiger partial charge in [0.2, 0.25) is 5.91 Å². The lowest BCUT2D eigenvalue weighted by atomic mass is 10.2. The zero-order chi connectivity index (χ0) is 15.1. The van der Waals surface area contributed by atoms with Gasteiger partial charge in [0, 0.05) is 45.0 Å². The molecule has 7 heteroatoms. The molecule has 0 aliphatic carbocycles. The van der Waals surface area contributed by atoms with Crippen LogP contribution in [0.3, 0.4) is 0 Å². The molecule has 1 aliphatic heterocycles. The molecule has 0 radical (unpaired) electrons. The summed E-state index contributed by atoms with van der Waals surface area (Å²) < 4.78 is 0. The quantitative estimate of drug-likeness (QED) is 0.596. The van der Waals surface area contributed by atoms with Gasteiger partial charge in [-0.15, -0.1) is 31.4 Å². The van der Waals surface area contributed by atoms with E-state index >= 15 is 0 Å². The van der Waals surface area contributed by atoms with Crippen molar-refractivity contribution in [2.24, 2.45) is 0 Å². The second-order valence-electron chi connectivity index (χ2n) is 5.39. The van der Waals surface area contributed by atoms with E-state index in [1.165, 1.54) is 5.56 Å². The number of nitrogens with two attached hydrogens (primary N) is 1. The highest BCUT2D eigenvalue weighted by molar-refractivity contribution is 5.85. The van der Waals surface area contributed by atoms with Crippen LogP contribution in [0.1, 0.15) is 5.56 Å². The van der Waals surface area contributed by atoms with Crippen LogP contribution in [0.25, 0.3) is 0 Å². The normalized spacial score (nSPS) is 15.1. The molecule has 5 nitrogen and oxygen atoms in total. The first-order valence-electron chi connectivity index (χ1n) is 7.34. The van der Waals surface area contributed by atoms with Gasteiger partial charge in [-0.2, -0.15) is 0 Å². The average Bonchev–Trinajstić information content (AvgIpc) is 2.47. The summed E-state index contributed by atoms with van der Waals surface area (Å²) in [5.74, 6) is 0.0687. The Kier molecular flexibility index (Phi) is 10.7. The number of rotatable bonds is 6. The number of anilines is 1. The van der Waals surface area contributed by atoms with E-state index in [9.17, 15) is 4.79 Å². The fraction of sp³-hybridized carbons (Fsp3) is 0.438. The van der Waals surface area contributed by atoms with Crippen LogP contribution in [0, 0.1) is 0 Å². The third kappa shape index (κ3) is 7.70. The summed E-state index contributed by atoms with van der Waals surface area (Å²) in [6.07, 6.45) is 1.70. The number of benzene rings is 1. The maximum atomic E-state index is 11.7. The summed E-state index contributed by atoms with van der Waals surface area (Å²) in [5.41, 5.74) is 7.86. The third-order valence-corrected chi connectivity index (χ3v) is 3.63. The largest absolute Gasteiger partial charge is 0.399 e. The maximum Gasteiger partial charge on any atom is 0.234 e. The third-order valence-electron chi connectivity index (χ3n) is 3.63. The van der Waals surface area contributed by atoms with E-state index in [-0.39, 0.29) is 30.7 Å². The minimum atomic E-state index is 0. The Hall–Kier alpha value is -1.27. The second-order valence-corrected chi connectivity index (χ2v) is 5.39. The van der Waals surface area contributed by atoms with Crippen molar-refractivity contribution in [2.75, 3.05) is 45.0 Å². The number of amides is 1. The summed E-state index contributed by atoms with van der Waals surface area (Å²) in [6, 6.07) is 8.02. The summed E-state index contributed by atoms with van der Waals surface area (Å²) in [5, 5.41) is 2.81. The minimum absolute atomic E-state index is 0. The van der Waals surface area contributed by atoms with Gasteiger partial charge in [0.05, 0.1) is 6.54 Å². The van der Waals surface area contributed by atoms with E-state index in [2.05, 4.69) is 27.8 Å². The Labute approximate surface area is 150 Å². The second kappa shape index (κ2) is 11.3. The Morgan fingerprint density at radius 2 is 1.87 bits per heavy atom. The molecule has 130 valence electrons. The van der Waals surface area contributed by atoms with Gasteiger partial charge in [-0.25, -0.2) is 0 Å². The van der Waals surface area contributed by atoms with Crippen molar-refractivity contribution in [3.8, 4) is 0 Å². The predicted molar refractivity (Wildman–Crippen MR) is 100 cm³/mol. The molecule has 0 aromatic heterocycles. The topological polar surface area (TPSA) is 61.6 Å². The van der Waals surface area contributed by atoms with Crippen LogP contribution in [-0.2, 0) is 11.3 Å². The molecule has 0 spiro atoms. The van der Waals surface area contributed by atoms with Crippen LogP contribution in [0.5, 0.6) is 0 Å². The lowest BCUT2D eigenvalue weighted by Gasteiger charge is -2.34. The molecule has 1 fully saturated rings. The molecule has 1 aliphatic rings. The molecule has 0 bridgehead atoms. The van der Waals surface area contributed by atoms with Gasteiger partial charge < -0.3 is 11.1 Å². The zero-order valence-corrected chi connectivity index (χ0v) is 14.9. The molecule has 1 heterocycles. The summed E-state index contributed by atoms with van der Waals surface area (Å²) in [4.78, 5) is 16.2. The number of nitrogens with zero attached hydrogens (tertiary/aromatic N) is 2. The number of hydrogen-bond acceptors (Lipinski definition) is 4. The number of halogens is 2. The summed E-state index contributed by atoms with van der Waals surface area (Å²) >= 11 is 0. The smallest absolute Gasteiger partial charge is 0.234 e. The fourth-order valence-electron chi connectivity index (χ4n) is 2.50. The first kappa shape index (κ1) is 21.7. The monoisotopic (exact) mass is 360 g/mol. The Morgan fingerprint density at radius 1 is 1.22 bits per heavy atom. The maximum absolute atomic E-state index is 11.7. The molecule has 1 amide bonds. The lowest BCUT2D eigenvalue weighted by molar-refractivity contribution is -0.122. The fourth-order valence-corrected chi connectivity index (χ4v) is 2.50. The number of carbonyl (C=O) groups is 1. The van der Waals surface area contributed by atoms with Gasteiger partial charge in [0.15, 0.2) is 0 Å². The van der Waals surface area contributed by atoms with Crippen LogP contribution in [0.2, 0.25) is 0 Å². The average molecular weight is 361 g/mol. The van der Waals surface area contributed by atoms with Crippen molar-refractivity contribution < 1.29 is 4.79 Å². The molecular weight excluding hydrogens is 335 g/mol. The Morgan fingerprint density at radius 3 is 2.48 bits per heavy atom. The SMILES string of the molecule is C=CCNC(=O)CN1CCN(Cc2cccc(N)c2)CC1.Cl.Cl. The molecule has 3 N–H and O–H groups in total. The standard InChI is InChI=1S/C16H24N4O.2ClH/c1-2-6-18-16(21)13-20-9-7-19(8-10-20)12-14-4-3-5-15(17)11-14;;/h2-5,11H,1,6-10,12-13,17H2,(H,18,21);2*1H. The zero-order valence-electron chi connectivity index (χ0n) is 13.2. The van der Waals surface area contributed by atoms with Gasteiger partial charge in [-0.05, 0) is 17.7 Å². The van der Waals surface area contributed by atoms with E-state index in [0.717, 1.165) is 38.4 Å². The molecule has 23 heavy (non-hydrogen) atoms. The van der Waals surface area contributed by atoms with Crippen molar-refractivity contribution in [1.82, 2.24) is 15.1 Å². The van der Waals surface area contributed by atoms with Crippen LogP contribution in [0.15, 0.2) is 36.9 Å². The number of carbonyl (C=O) groups excluding carboxylic acids is 1. The van der Waals surface area contributed by atoms with Crippen LogP contribution >= 0.6 is 24.8 Å². The Balaban J connectivity index is 0.00000242. The van der Waals surface area contributed by atoms with Gasteiger partial charge in [-0.1, -0.05) is 18.2 Å². The molecule has 1 aromatic rings. The van der Waals surface area contributed by atoms with Crippen molar-refractivity contribution in [1.29, 1.82) is 0 Å². The van der Waals surface area contributed by atoms with Crippen LogP contribution < -0.4 is 11.1 Å². The molecule has 1 saturated heterocycles. The van der Waals surface area contributed by atoms with E-state index in [0.29, 0.717) is 13.1 Å². The van der Waals surface area contributed by atoms with E-state index in [1.807, 2.05) is 18.2 Å². The van der Waals surface area contributed by atoms with Crippen molar-refractivity contribution in [2.45, 2.75) is 6.54 Å². The first-order chi connectivity index (χ1) is 10.2. The van der Waals surface area contributed by atoms with Gasteiger partial charge in [0.25, 0.3) is 0 Å². The van der Waals surface area contributed by atoms with Crippen molar-refractivity contribution >= 4 is 36.4 Å². The molecule has 0 unspecified atom stereocenters. The van der Waals surface area contributed by atoms with Crippen LogP contribution in [-0.4, -0.2) is 55.0 Å². The minimum Gasteiger partial charge on any atom is -0.399 e. The van der Waals surface area contributed by atoms with Crippen molar-refractivity contribution in [3.63, 3.8) is 0 Å². The molecule has 0 atom stereocenters. The van der Waals surface area contributed by atoms with Gasteiger partial charge in [-0.3, -0.25) is 14.6 Å². The summed E-state index contributed by atoms with van der Waals surface area (Å²) in [7, 11) is 0. The number of hydrogen-bond donors (Lipinski definition) is 2. The van der Waals surface area contributed by atoms with Gasteiger partial charge in [0.1, 0.15) is 0 Å².